The van der Waals surface area contributed by atoms with Crippen LogP contribution in [0.1, 0.15) is 71.2 Å². The van der Waals surface area contributed by atoms with Crippen LogP contribution < -0.4 is 9.64 Å². The highest BCUT2D eigenvalue weighted by Crippen LogP contribution is 2.44. The highest BCUT2D eigenvalue weighted by atomic mass is 19.1. The van der Waals surface area contributed by atoms with Gasteiger partial charge in [0, 0.05) is 50.2 Å². The first-order valence-electron chi connectivity index (χ1n) is 15.2. The fourth-order valence-electron chi connectivity index (χ4n) is 6.39. The number of benzene rings is 1. The van der Waals surface area contributed by atoms with Gasteiger partial charge >= 0.3 is 0 Å². The number of amides is 1. The van der Waals surface area contributed by atoms with Crippen molar-refractivity contribution in [3.8, 4) is 11.6 Å². The minimum absolute atomic E-state index is 0.0341. The van der Waals surface area contributed by atoms with Gasteiger partial charge in [0.15, 0.2) is 5.82 Å². The Bertz CT molecular complexity index is 1170. The molecule has 3 heterocycles. The molecule has 2 saturated heterocycles. The molecule has 0 N–H and O–H groups in total. The number of nitrogens with zero attached hydrogens (tertiary/aromatic N) is 7. The van der Waals surface area contributed by atoms with E-state index in [1.807, 2.05) is 20.8 Å². The minimum Gasteiger partial charge on any atom is -0.434 e. The predicted octanol–water partition coefficient (Wildman–Crippen LogP) is 4.94. The Hall–Kier alpha value is -2.85. The van der Waals surface area contributed by atoms with Gasteiger partial charge in [-0.05, 0) is 84.3 Å². The van der Waals surface area contributed by atoms with E-state index in [0.29, 0.717) is 24.3 Å². The lowest BCUT2D eigenvalue weighted by molar-refractivity contribution is -0.0344. The summed E-state index contributed by atoms with van der Waals surface area (Å²) in [5.74, 6) is 0.926. The molecule has 1 atom stereocenters. The summed E-state index contributed by atoms with van der Waals surface area (Å²) < 4.78 is 20.4. The Kier molecular flexibility index (Phi) is 10.2. The normalized spacial score (nSPS) is 17.5. The molecule has 2 aliphatic heterocycles. The van der Waals surface area contributed by atoms with Gasteiger partial charge in [0.2, 0.25) is 0 Å². The summed E-state index contributed by atoms with van der Waals surface area (Å²) in [7, 11) is 2.19. The standard InChI is InChI=1S/C31H48FN7O2/c1-8-36(7)15-10-11-26(22(3)4)38-19-31(20-38)14-16-37(18-31)28-29(35-34-21-33-28)41-27-13-12-24(32)17-25(27)30(40)39(9-2)23(5)6/h12-13,17,21-23,26H,8-11,14-16,18-20H2,1-7H3/t26-/m0/s1. The van der Waals surface area contributed by atoms with Crippen molar-refractivity contribution in [3.05, 3.63) is 35.9 Å². The van der Waals surface area contributed by atoms with E-state index in [1.165, 1.54) is 37.4 Å². The van der Waals surface area contributed by atoms with E-state index >= 15 is 0 Å². The first-order valence-corrected chi connectivity index (χ1v) is 15.2. The van der Waals surface area contributed by atoms with E-state index in [-0.39, 0.29) is 34.6 Å². The van der Waals surface area contributed by atoms with Gasteiger partial charge in [0.05, 0.1) is 5.56 Å². The molecular weight excluding hydrogens is 521 g/mol. The summed E-state index contributed by atoms with van der Waals surface area (Å²) in [5, 5.41) is 8.21. The molecule has 1 amide bonds. The van der Waals surface area contributed by atoms with E-state index in [9.17, 15) is 9.18 Å². The molecule has 0 unspecified atom stereocenters. The number of carbonyl (C=O) groups is 1. The third-order valence-electron chi connectivity index (χ3n) is 8.81. The molecule has 226 valence electrons. The van der Waals surface area contributed by atoms with Gasteiger partial charge in [-0.1, -0.05) is 20.8 Å². The third-order valence-corrected chi connectivity index (χ3v) is 8.81. The second-order valence-corrected chi connectivity index (χ2v) is 12.4. The first-order chi connectivity index (χ1) is 19.6. The smallest absolute Gasteiger partial charge is 0.282 e. The zero-order chi connectivity index (χ0) is 29.7. The molecular formula is C31H48FN7O2. The van der Waals surface area contributed by atoms with Crippen molar-refractivity contribution in [1.82, 2.24) is 29.9 Å². The Morgan fingerprint density at radius 2 is 1.90 bits per heavy atom. The van der Waals surface area contributed by atoms with Crippen LogP contribution in [-0.4, -0.2) is 101 Å². The molecule has 2 aromatic rings. The van der Waals surface area contributed by atoms with Gasteiger partial charge in [-0.2, -0.15) is 0 Å². The van der Waals surface area contributed by atoms with Crippen LogP contribution in [0.2, 0.25) is 0 Å². The molecule has 9 nitrogen and oxygen atoms in total. The number of rotatable bonds is 13. The second kappa shape index (κ2) is 13.4. The van der Waals surface area contributed by atoms with Crippen molar-refractivity contribution in [1.29, 1.82) is 0 Å². The summed E-state index contributed by atoms with van der Waals surface area (Å²) in [6, 6.07) is 4.57. The SMILES string of the molecule is CCN(C)CCC[C@@H](C(C)C)N1CC2(CCN(c3ncnnc3Oc3ccc(F)cc3C(=O)N(CC)C(C)C)C2)C1. The Morgan fingerprint density at radius 1 is 1.15 bits per heavy atom. The number of hydrogen-bond donors (Lipinski definition) is 0. The molecule has 0 aliphatic carbocycles. The number of ether oxygens (including phenoxy) is 1. The molecule has 1 spiro atoms. The average Bonchev–Trinajstić information content (AvgIpc) is 3.37. The summed E-state index contributed by atoms with van der Waals surface area (Å²) in [6.45, 7) is 19.3. The molecule has 10 heteroatoms. The van der Waals surface area contributed by atoms with Crippen LogP contribution >= 0.6 is 0 Å². The number of carbonyl (C=O) groups excluding carboxylic acids is 1. The third kappa shape index (κ3) is 7.15. The minimum atomic E-state index is -0.494. The van der Waals surface area contributed by atoms with Crippen LogP contribution in [0.5, 0.6) is 11.6 Å². The number of aromatic nitrogens is 3. The molecule has 4 rings (SSSR count). The highest BCUT2D eigenvalue weighted by molar-refractivity contribution is 5.97. The first kappa shape index (κ1) is 31.1. The Labute approximate surface area is 245 Å². The average molecular weight is 570 g/mol. The topological polar surface area (TPSA) is 77.9 Å². The highest BCUT2D eigenvalue weighted by Gasteiger charge is 2.50. The van der Waals surface area contributed by atoms with Crippen molar-refractivity contribution in [2.24, 2.45) is 11.3 Å². The van der Waals surface area contributed by atoms with Gasteiger partial charge in [-0.25, -0.2) is 9.37 Å². The molecule has 0 radical (unpaired) electrons. The molecule has 2 aliphatic rings. The molecule has 1 aromatic carbocycles. The monoisotopic (exact) mass is 569 g/mol. The molecule has 41 heavy (non-hydrogen) atoms. The van der Waals surface area contributed by atoms with Gasteiger partial charge in [-0.3, -0.25) is 9.69 Å². The van der Waals surface area contributed by atoms with Crippen molar-refractivity contribution in [3.63, 3.8) is 0 Å². The summed E-state index contributed by atoms with van der Waals surface area (Å²) in [5.41, 5.74) is 0.389. The molecule has 0 bridgehead atoms. The predicted molar refractivity (Wildman–Crippen MR) is 160 cm³/mol. The van der Waals surface area contributed by atoms with Crippen molar-refractivity contribution >= 4 is 11.7 Å². The van der Waals surface area contributed by atoms with E-state index in [1.54, 1.807) is 4.90 Å². The quantitative estimate of drug-likeness (QED) is 0.336. The van der Waals surface area contributed by atoms with E-state index in [2.05, 4.69) is 57.7 Å². The van der Waals surface area contributed by atoms with Gasteiger partial charge in [-0.15, -0.1) is 10.2 Å². The molecule has 2 fully saturated rings. The van der Waals surface area contributed by atoms with E-state index < -0.39 is 5.82 Å². The van der Waals surface area contributed by atoms with Crippen LogP contribution in [0.4, 0.5) is 10.2 Å². The fraction of sp³-hybridized carbons (Fsp3) is 0.677. The maximum atomic E-state index is 14.2. The summed E-state index contributed by atoms with van der Waals surface area (Å²) in [6.07, 6.45) is 4.95. The van der Waals surface area contributed by atoms with Crippen molar-refractivity contribution < 1.29 is 13.9 Å². The van der Waals surface area contributed by atoms with Crippen molar-refractivity contribution in [2.75, 3.05) is 57.8 Å². The van der Waals surface area contributed by atoms with Crippen molar-refractivity contribution in [2.45, 2.75) is 72.9 Å². The second-order valence-electron chi connectivity index (χ2n) is 12.4. The summed E-state index contributed by atoms with van der Waals surface area (Å²) >= 11 is 0. The molecule has 1 aromatic heterocycles. The Balaban J connectivity index is 1.45. The van der Waals surface area contributed by atoms with E-state index in [0.717, 1.165) is 45.7 Å². The zero-order valence-electron chi connectivity index (χ0n) is 25.9. The van der Waals surface area contributed by atoms with Crippen LogP contribution in [0.25, 0.3) is 0 Å². The number of halogens is 1. The van der Waals surface area contributed by atoms with Gasteiger partial charge in [0.1, 0.15) is 17.9 Å². The Morgan fingerprint density at radius 3 is 2.56 bits per heavy atom. The maximum Gasteiger partial charge on any atom is 0.282 e. The fourth-order valence-corrected chi connectivity index (χ4v) is 6.39. The van der Waals surface area contributed by atoms with Gasteiger partial charge < -0.3 is 19.4 Å². The van der Waals surface area contributed by atoms with Gasteiger partial charge in [0.25, 0.3) is 11.8 Å². The number of anilines is 1. The number of likely N-dealkylation sites (tertiary alicyclic amines) is 1. The van der Waals surface area contributed by atoms with Crippen LogP contribution in [-0.2, 0) is 0 Å². The molecule has 0 saturated carbocycles. The lowest BCUT2D eigenvalue weighted by Gasteiger charge is -2.53. The largest absolute Gasteiger partial charge is 0.434 e. The van der Waals surface area contributed by atoms with Crippen LogP contribution in [0.15, 0.2) is 24.5 Å². The number of hydrogen-bond acceptors (Lipinski definition) is 8. The zero-order valence-corrected chi connectivity index (χ0v) is 25.9. The van der Waals surface area contributed by atoms with E-state index in [4.69, 9.17) is 4.74 Å². The summed E-state index contributed by atoms with van der Waals surface area (Å²) in [4.78, 5) is 26.8. The van der Waals surface area contributed by atoms with Crippen LogP contribution in [0, 0.1) is 17.2 Å². The maximum absolute atomic E-state index is 14.2. The lowest BCUT2D eigenvalue weighted by atomic mass is 9.76. The van der Waals surface area contributed by atoms with Crippen LogP contribution in [0.3, 0.4) is 0 Å². The lowest BCUT2D eigenvalue weighted by Crippen LogP contribution is -2.62.